The maximum Gasteiger partial charge on any atom is 0.101 e. The van der Waals surface area contributed by atoms with Crippen LogP contribution in [-0.4, -0.2) is 12.6 Å². The maximum atomic E-state index is 3.73. The van der Waals surface area contributed by atoms with Crippen LogP contribution in [0.1, 0.15) is 33.1 Å². The fourth-order valence-electron chi connectivity index (χ4n) is 0.871. The molecule has 0 aromatic heterocycles. The smallest absolute Gasteiger partial charge is 0.101 e. The molecule has 0 aliphatic carbocycles. The fourth-order valence-corrected chi connectivity index (χ4v) is 0.871. The molecule has 0 aliphatic rings. The van der Waals surface area contributed by atoms with Crippen molar-refractivity contribution in [1.29, 1.82) is 0 Å². The van der Waals surface area contributed by atoms with Gasteiger partial charge < -0.3 is 5.32 Å². The third-order valence-corrected chi connectivity index (χ3v) is 1.72. The molecular formula is C9H20N+. The highest BCUT2D eigenvalue weighted by Gasteiger charge is 1.95. The Morgan fingerprint density at radius 3 is 2.70 bits per heavy atom. The fraction of sp³-hybridized carbons (Fsp3) is 0.778. The summed E-state index contributed by atoms with van der Waals surface area (Å²) in [4.78, 5) is 0. The van der Waals surface area contributed by atoms with Crippen molar-refractivity contribution >= 4 is 0 Å². The molecule has 0 saturated heterocycles. The Labute approximate surface area is 64.5 Å². The second kappa shape index (κ2) is 6.81. The molecule has 0 amide bonds. The van der Waals surface area contributed by atoms with Gasteiger partial charge in [0.05, 0.1) is 6.54 Å². The zero-order valence-electron chi connectivity index (χ0n) is 7.27. The van der Waals surface area contributed by atoms with E-state index in [1.165, 1.54) is 25.8 Å². The van der Waals surface area contributed by atoms with Crippen LogP contribution in [0.15, 0.2) is 12.7 Å². The molecule has 0 aliphatic heterocycles. The lowest BCUT2D eigenvalue weighted by Gasteiger charge is -2.03. The highest BCUT2D eigenvalue weighted by atomic mass is 14.9. The summed E-state index contributed by atoms with van der Waals surface area (Å²) in [6.07, 6.45) is 6.01. The van der Waals surface area contributed by atoms with Gasteiger partial charge >= 0.3 is 0 Å². The van der Waals surface area contributed by atoms with Gasteiger partial charge in [-0.05, 0) is 25.8 Å². The minimum atomic E-state index is 0.594. The SMILES string of the molecule is C=CC(C)[NH2+]CCCCC. The van der Waals surface area contributed by atoms with Crippen LogP contribution in [0.4, 0.5) is 0 Å². The second-order valence-corrected chi connectivity index (χ2v) is 2.83. The number of hydrogen-bond donors (Lipinski definition) is 1. The van der Waals surface area contributed by atoms with Crippen molar-refractivity contribution in [3.05, 3.63) is 12.7 Å². The lowest BCUT2D eigenvalue weighted by molar-refractivity contribution is -0.676. The van der Waals surface area contributed by atoms with Crippen molar-refractivity contribution in [2.24, 2.45) is 0 Å². The van der Waals surface area contributed by atoms with Crippen molar-refractivity contribution < 1.29 is 5.32 Å². The Balaban J connectivity index is 2.95. The van der Waals surface area contributed by atoms with E-state index in [1.807, 2.05) is 6.08 Å². The second-order valence-electron chi connectivity index (χ2n) is 2.83. The minimum Gasteiger partial charge on any atom is -0.341 e. The van der Waals surface area contributed by atoms with E-state index < -0.39 is 0 Å². The first-order valence-corrected chi connectivity index (χ1v) is 4.27. The Morgan fingerprint density at radius 1 is 1.50 bits per heavy atom. The predicted octanol–water partition coefficient (Wildman–Crippen LogP) is 1.31. The Hall–Kier alpha value is -0.300. The third-order valence-electron chi connectivity index (χ3n) is 1.72. The van der Waals surface area contributed by atoms with Gasteiger partial charge in [0, 0.05) is 0 Å². The molecule has 0 fully saturated rings. The summed E-state index contributed by atoms with van der Waals surface area (Å²) < 4.78 is 0. The standard InChI is InChI=1S/C9H19N/c1-4-6-7-8-10-9(3)5-2/h5,9-10H,2,4,6-8H2,1,3H3/p+1. The van der Waals surface area contributed by atoms with Crippen LogP contribution < -0.4 is 5.32 Å². The Morgan fingerprint density at radius 2 is 2.20 bits per heavy atom. The van der Waals surface area contributed by atoms with E-state index in [0.29, 0.717) is 6.04 Å². The van der Waals surface area contributed by atoms with E-state index in [-0.39, 0.29) is 0 Å². The number of nitrogens with two attached hydrogens (primary N) is 1. The molecule has 1 heteroatoms. The van der Waals surface area contributed by atoms with E-state index in [2.05, 4.69) is 25.7 Å². The summed E-state index contributed by atoms with van der Waals surface area (Å²) in [6, 6.07) is 0.594. The molecule has 1 atom stereocenters. The van der Waals surface area contributed by atoms with Crippen LogP contribution in [-0.2, 0) is 0 Å². The van der Waals surface area contributed by atoms with E-state index in [0.717, 1.165) is 0 Å². The van der Waals surface area contributed by atoms with Crippen molar-refractivity contribution in [1.82, 2.24) is 0 Å². The average molecular weight is 142 g/mol. The van der Waals surface area contributed by atoms with Crippen LogP contribution in [0, 0.1) is 0 Å². The third kappa shape index (κ3) is 5.83. The summed E-state index contributed by atoms with van der Waals surface area (Å²) in [5.41, 5.74) is 0. The van der Waals surface area contributed by atoms with Gasteiger partial charge in [-0.3, -0.25) is 0 Å². The van der Waals surface area contributed by atoms with Crippen molar-refractivity contribution in [3.8, 4) is 0 Å². The first kappa shape index (κ1) is 9.70. The van der Waals surface area contributed by atoms with Gasteiger partial charge in [-0.1, -0.05) is 19.9 Å². The Kier molecular flexibility index (Phi) is 6.61. The zero-order chi connectivity index (χ0) is 7.82. The highest BCUT2D eigenvalue weighted by Crippen LogP contribution is 1.88. The highest BCUT2D eigenvalue weighted by molar-refractivity contribution is 4.72. The molecule has 0 heterocycles. The molecule has 0 radical (unpaired) electrons. The summed E-state index contributed by atoms with van der Waals surface area (Å²) in [5, 5.41) is 2.34. The molecule has 0 rings (SSSR count). The first-order valence-electron chi connectivity index (χ1n) is 4.27. The van der Waals surface area contributed by atoms with Gasteiger partial charge in [0.15, 0.2) is 0 Å². The molecule has 0 bridgehead atoms. The summed E-state index contributed by atoms with van der Waals surface area (Å²) in [6.45, 7) is 9.39. The lowest BCUT2D eigenvalue weighted by atomic mass is 10.2. The van der Waals surface area contributed by atoms with Crippen molar-refractivity contribution in [3.63, 3.8) is 0 Å². The molecule has 10 heavy (non-hydrogen) atoms. The molecule has 2 N–H and O–H groups in total. The predicted molar refractivity (Wildman–Crippen MR) is 46.0 cm³/mol. The van der Waals surface area contributed by atoms with Gasteiger partial charge in [-0.25, -0.2) is 0 Å². The summed E-state index contributed by atoms with van der Waals surface area (Å²) >= 11 is 0. The molecule has 0 saturated carbocycles. The molecule has 1 nitrogen and oxygen atoms in total. The first-order chi connectivity index (χ1) is 4.81. The van der Waals surface area contributed by atoms with Gasteiger partial charge in [-0.2, -0.15) is 0 Å². The molecule has 1 unspecified atom stereocenters. The van der Waals surface area contributed by atoms with Crippen molar-refractivity contribution in [2.75, 3.05) is 6.54 Å². The monoisotopic (exact) mass is 142 g/mol. The summed E-state index contributed by atoms with van der Waals surface area (Å²) in [5.74, 6) is 0. The normalized spacial score (nSPS) is 13.0. The molecule has 0 aromatic rings. The summed E-state index contributed by atoms with van der Waals surface area (Å²) in [7, 11) is 0. The van der Waals surface area contributed by atoms with Crippen LogP contribution in [0.2, 0.25) is 0 Å². The molecule has 60 valence electrons. The van der Waals surface area contributed by atoms with Gasteiger partial charge in [0.25, 0.3) is 0 Å². The van der Waals surface area contributed by atoms with Crippen LogP contribution in [0.25, 0.3) is 0 Å². The zero-order valence-corrected chi connectivity index (χ0v) is 7.27. The minimum absolute atomic E-state index is 0.594. The quantitative estimate of drug-likeness (QED) is 0.425. The van der Waals surface area contributed by atoms with E-state index in [9.17, 15) is 0 Å². The molecule has 0 aromatic carbocycles. The van der Waals surface area contributed by atoms with E-state index in [4.69, 9.17) is 0 Å². The molecular weight excluding hydrogens is 122 g/mol. The van der Waals surface area contributed by atoms with Crippen LogP contribution in [0.3, 0.4) is 0 Å². The van der Waals surface area contributed by atoms with Crippen LogP contribution >= 0.6 is 0 Å². The largest absolute Gasteiger partial charge is 0.341 e. The van der Waals surface area contributed by atoms with Crippen molar-refractivity contribution in [2.45, 2.75) is 39.2 Å². The topological polar surface area (TPSA) is 16.6 Å². The number of unbranched alkanes of at least 4 members (excludes halogenated alkanes) is 2. The van der Waals surface area contributed by atoms with Crippen LogP contribution in [0.5, 0.6) is 0 Å². The Bertz CT molecular complexity index is 78.8. The average Bonchev–Trinajstić information content (AvgIpc) is 1.98. The van der Waals surface area contributed by atoms with Gasteiger partial charge in [-0.15, -0.1) is 0 Å². The number of rotatable bonds is 6. The van der Waals surface area contributed by atoms with Gasteiger partial charge in [0.2, 0.25) is 0 Å². The lowest BCUT2D eigenvalue weighted by Crippen LogP contribution is -2.88. The number of quaternary nitrogens is 1. The van der Waals surface area contributed by atoms with E-state index in [1.54, 1.807) is 0 Å². The number of hydrogen-bond acceptors (Lipinski definition) is 0. The van der Waals surface area contributed by atoms with Gasteiger partial charge in [0.1, 0.15) is 6.04 Å². The van der Waals surface area contributed by atoms with E-state index >= 15 is 0 Å². The molecule has 0 spiro atoms. The maximum absolute atomic E-state index is 3.73.